The summed E-state index contributed by atoms with van der Waals surface area (Å²) in [6, 6.07) is 12.4. The number of benzene rings is 2. The number of hydrogen-bond donors (Lipinski definition) is 1. The van der Waals surface area contributed by atoms with Gasteiger partial charge in [-0.25, -0.2) is 13.1 Å². The normalized spacial score (nSPS) is 19.5. The number of Topliss-reactive ketones (excluding diaryl/α,β-unsaturated/α-hetero) is 1. The summed E-state index contributed by atoms with van der Waals surface area (Å²) in [7, 11) is -4.51. The molecule has 11 heteroatoms. The summed E-state index contributed by atoms with van der Waals surface area (Å²) in [6.45, 7) is -1.74. The summed E-state index contributed by atoms with van der Waals surface area (Å²) in [4.78, 5) is 12.4. The smallest absolute Gasteiger partial charge is 0.299 e. The fraction of sp³-hybridized carbons (Fsp3) is 0.458. The molecule has 0 amide bonds. The van der Waals surface area contributed by atoms with E-state index in [2.05, 4.69) is 0 Å². The Morgan fingerprint density at radius 3 is 2.29 bits per heavy atom. The second-order valence-corrected chi connectivity index (χ2v) is 10.6. The van der Waals surface area contributed by atoms with Crippen molar-refractivity contribution < 1.29 is 39.6 Å². The van der Waals surface area contributed by atoms with Crippen LogP contribution in [0.2, 0.25) is 0 Å². The highest BCUT2D eigenvalue weighted by Crippen LogP contribution is 2.41. The molecule has 1 aliphatic rings. The van der Waals surface area contributed by atoms with Gasteiger partial charge in [0, 0.05) is 12.8 Å². The molecule has 2 unspecified atom stereocenters. The SMILES string of the molecule is O=C(Cc1cc(S(=O)(=O)NCC(F)(F)F)ccc1-c1ccccc1)CC1CCCC(C(F)(F)F)C1. The van der Waals surface area contributed by atoms with Gasteiger partial charge in [0.1, 0.15) is 12.3 Å². The number of carbonyl (C=O) groups excluding carboxylic acids is 1. The van der Waals surface area contributed by atoms with E-state index < -0.39 is 45.7 Å². The van der Waals surface area contributed by atoms with E-state index in [0.29, 0.717) is 24.0 Å². The number of alkyl halides is 6. The minimum atomic E-state index is -4.75. The summed E-state index contributed by atoms with van der Waals surface area (Å²) < 4.78 is 103. The quantitative estimate of drug-likeness (QED) is 0.430. The van der Waals surface area contributed by atoms with E-state index in [4.69, 9.17) is 0 Å². The Morgan fingerprint density at radius 1 is 0.971 bits per heavy atom. The standard InChI is InChI=1S/C24H25F6NO3S/c25-23(26,27)15-31-35(33,34)21-9-10-22(17-6-2-1-3-7-17)18(14-21)13-20(32)12-16-5-4-8-19(11-16)24(28,29)30/h1-3,6-7,9-10,14,16,19,31H,4-5,8,11-13,15H2. The van der Waals surface area contributed by atoms with Gasteiger partial charge in [-0.2, -0.15) is 26.3 Å². The van der Waals surface area contributed by atoms with Crippen molar-refractivity contribution in [2.45, 2.75) is 55.8 Å². The molecule has 0 heterocycles. The predicted molar refractivity (Wildman–Crippen MR) is 118 cm³/mol. The van der Waals surface area contributed by atoms with Crippen LogP contribution in [0.1, 0.15) is 37.7 Å². The molecule has 2 atom stereocenters. The Bertz CT molecular complexity index is 1130. The molecular formula is C24H25F6NO3S. The van der Waals surface area contributed by atoms with Crippen molar-refractivity contribution in [3.8, 4) is 11.1 Å². The lowest BCUT2D eigenvalue weighted by atomic mass is 9.78. The monoisotopic (exact) mass is 521 g/mol. The molecule has 1 N–H and O–H groups in total. The number of carbonyl (C=O) groups is 1. The largest absolute Gasteiger partial charge is 0.402 e. The fourth-order valence-electron chi connectivity index (χ4n) is 4.42. The molecule has 1 saturated carbocycles. The zero-order valence-electron chi connectivity index (χ0n) is 18.6. The van der Waals surface area contributed by atoms with Crippen LogP contribution >= 0.6 is 0 Å². The molecule has 35 heavy (non-hydrogen) atoms. The van der Waals surface area contributed by atoms with Gasteiger partial charge in [-0.05, 0) is 54.0 Å². The van der Waals surface area contributed by atoms with Gasteiger partial charge in [0.05, 0.1) is 10.8 Å². The highest BCUT2D eigenvalue weighted by Gasteiger charge is 2.42. The number of nitrogens with one attached hydrogen (secondary N) is 1. The molecule has 1 aliphatic carbocycles. The number of hydrogen-bond acceptors (Lipinski definition) is 3. The van der Waals surface area contributed by atoms with E-state index in [1.54, 1.807) is 30.3 Å². The number of sulfonamides is 1. The molecule has 192 valence electrons. The first-order chi connectivity index (χ1) is 16.2. The van der Waals surface area contributed by atoms with Gasteiger partial charge >= 0.3 is 12.4 Å². The maximum absolute atomic E-state index is 13.1. The molecule has 0 aliphatic heterocycles. The third kappa shape index (κ3) is 7.79. The first-order valence-corrected chi connectivity index (χ1v) is 12.6. The Morgan fingerprint density at radius 2 is 1.66 bits per heavy atom. The van der Waals surface area contributed by atoms with Gasteiger partial charge in [0.15, 0.2) is 0 Å². The molecule has 2 aromatic rings. The summed E-state index contributed by atoms with van der Waals surface area (Å²) in [5.41, 5.74) is 1.46. The van der Waals surface area contributed by atoms with Crippen LogP contribution in [-0.4, -0.2) is 33.1 Å². The molecule has 0 radical (unpaired) electrons. The van der Waals surface area contributed by atoms with Crippen molar-refractivity contribution in [1.29, 1.82) is 0 Å². The average Bonchev–Trinajstić information content (AvgIpc) is 2.77. The first kappa shape index (κ1) is 27.2. The summed E-state index contributed by atoms with van der Waals surface area (Å²) in [5, 5.41) is 0. The zero-order valence-corrected chi connectivity index (χ0v) is 19.4. The second kappa shape index (κ2) is 10.7. The van der Waals surface area contributed by atoms with E-state index in [-0.39, 0.29) is 37.0 Å². The highest BCUT2D eigenvalue weighted by atomic mass is 32.2. The Balaban J connectivity index is 1.84. The molecular weight excluding hydrogens is 496 g/mol. The van der Waals surface area contributed by atoms with Gasteiger partial charge in [-0.1, -0.05) is 42.8 Å². The molecule has 0 bridgehead atoms. The van der Waals surface area contributed by atoms with Gasteiger partial charge in [-0.15, -0.1) is 0 Å². The van der Waals surface area contributed by atoms with Crippen LogP contribution in [0.15, 0.2) is 53.4 Å². The van der Waals surface area contributed by atoms with Gasteiger partial charge < -0.3 is 0 Å². The van der Waals surface area contributed by atoms with Gasteiger partial charge in [0.25, 0.3) is 0 Å². The zero-order chi connectivity index (χ0) is 25.9. The Hall–Kier alpha value is -2.40. The van der Waals surface area contributed by atoms with E-state index >= 15 is 0 Å². The highest BCUT2D eigenvalue weighted by molar-refractivity contribution is 7.89. The van der Waals surface area contributed by atoms with E-state index in [0.717, 1.165) is 12.1 Å². The van der Waals surface area contributed by atoms with Crippen LogP contribution in [0, 0.1) is 11.8 Å². The van der Waals surface area contributed by atoms with E-state index in [1.165, 1.54) is 10.8 Å². The van der Waals surface area contributed by atoms with Crippen molar-refractivity contribution >= 4 is 15.8 Å². The first-order valence-electron chi connectivity index (χ1n) is 11.1. The Kier molecular flexibility index (Phi) is 8.31. The number of halogens is 6. The van der Waals surface area contributed by atoms with Crippen molar-refractivity contribution in [2.75, 3.05) is 6.54 Å². The van der Waals surface area contributed by atoms with E-state index in [1.807, 2.05) is 0 Å². The molecule has 3 rings (SSSR count). The maximum atomic E-state index is 13.1. The van der Waals surface area contributed by atoms with Crippen LogP contribution < -0.4 is 4.72 Å². The number of ketones is 1. The van der Waals surface area contributed by atoms with Crippen molar-refractivity contribution in [3.63, 3.8) is 0 Å². The van der Waals surface area contributed by atoms with Gasteiger partial charge in [-0.3, -0.25) is 4.79 Å². The van der Waals surface area contributed by atoms with E-state index in [9.17, 15) is 39.6 Å². The summed E-state index contributed by atoms with van der Waals surface area (Å²) >= 11 is 0. The predicted octanol–water partition coefficient (Wildman–Crippen LogP) is 6.06. The minimum Gasteiger partial charge on any atom is -0.299 e. The van der Waals surface area contributed by atoms with Crippen LogP contribution in [0.5, 0.6) is 0 Å². The molecule has 0 spiro atoms. The number of rotatable bonds is 8. The molecule has 1 fully saturated rings. The van der Waals surface area contributed by atoms with Crippen LogP contribution in [0.4, 0.5) is 26.3 Å². The van der Waals surface area contributed by atoms with Crippen molar-refractivity contribution in [2.24, 2.45) is 11.8 Å². The summed E-state index contributed by atoms with van der Waals surface area (Å²) in [6.07, 6.45) is -8.61. The molecule has 2 aromatic carbocycles. The maximum Gasteiger partial charge on any atom is 0.402 e. The Labute approximate surface area is 199 Å². The molecule has 0 aromatic heterocycles. The van der Waals surface area contributed by atoms with Crippen LogP contribution in [0.3, 0.4) is 0 Å². The lowest BCUT2D eigenvalue weighted by Gasteiger charge is -2.30. The lowest BCUT2D eigenvalue weighted by molar-refractivity contribution is -0.186. The average molecular weight is 522 g/mol. The third-order valence-corrected chi connectivity index (χ3v) is 7.48. The second-order valence-electron chi connectivity index (χ2n) is 8.82. The fourth-order valence-corrected chi connectivity index (χ4v) is 5.49. The van der Waals surface area contributed by atoms with Gasteiger partial charge in [0.2, 0.25) is 10.0 Å². The topological polar surface area (TPSA) is 63.2 Å². The summed E-state index contributed by atoms with van der Waals surface area (Å²) in [5.74, 6) is -2.22. The van der Waals surface area contributed by atoms with Crippen molar-refractivity contribution in [1.82, 2.24) is 4.72 Å². The van der Waals surface area contributed by atoms with Crippen LogP contribution in [0.25, 0.3) is 11.1 Å². The molecule has 0 saturated heterocycles. The molecule has 4 nitrogen and oxygen atoms in total. The van der Waals surface area contributed by atoms with Crippen molar-refractivity contribution in [3.05, 3.63) is 54.1 Å². The lowest BCUT2D eigenvalue weighted by Crippen LogP contribution is -2.33. The minimum absolute atomic E-state index is 0.0389. The third-order valence-electron chi connectivity index (χ3n) is 6.08. The van der Waals surface area contributed by atoms with Crippen LogP contribution in [-0.2, 0) is 21.2 Å².